The van der Waals surface area contributed by atoms with Crippen molar-refractivity contribution >= 4 is 5.78 Å². The highest BCUT2D eigenvalue weighted by Crippen LogP contribution is 1.93. The van der Waals surface area contributed by atoms with E-state index in [1.54, 1.807) is 6.92 Å². The zero-order chi connectivity index (χ0) is 9.82. The first-order valence-electron chi connectivity index (χ1n) is 4.97. The molecule has 0 saturated heterocycles. The van der Waals surface area contributed by atoms with E-state index in [9.17, 15) is 4.79 Å². The average molecular weight is 173 g/mol. The van der Waals surface area contributed by atoms with Crippen LogP contribution < -0.4 is 5.32 Å². The van der Waals surface area contributed by atoms with Gasteiger partial charge in [-0.25, -0.2) is 0 Å². The molecule has 0 rings (SSSR count). The van der Waals surface area contributed by atoms with E-state index in [2.05, 4.69) is 12.2 Å². The SMILES string of the molecule is CC.CCNCCCCC(C)=O. The molecule has 0 aromatic rings. The maximum Gasteiger partial charge on any atom is 0.129 e. The third-order valence-corrected chi connectivity index (χ3v) is 1.38. The summed E-state index contributed by atoms with van der Waals surface area (Å²) >= 11 is 0. The highest BCUT2D eigenvalue weighted by molar-refractivity contribution is 5.75. The highest BCUT2D eigenvalue weighted by atomic mass is 16.1. The van der Waals surface area contributed by atoms with Gasteiger partial charge in [0.15, 0.2) is 0 Å². The fourth-order valence-electron chi connectivity index (χ4n) is 0.801. The minimum absolute atomic E-state index is 0.302. The van der Waals surface area contributed by atoms with Crippen LogP contribution in [0.5, 0.6) is 0 Å². The molecule has 0 aliphatic carbocycles. The molecule has 0 aromatic carbocycles. The molecule has 2 heteroatoms. The largest absolute Gasteiger partial charge is 0.317 e. The van der Waals surface area contributed by atoms with Crippen molar-refractivity contribution in [2.24, 2.45) is 0 Å². The van der Waals surface area contributed by atoms with Gasteiger partial charge in [0.1, 0.15) is 5.78 Å². The molecule has 12 heavy (non-hydrogen) atoms. The molecule has 0 bridgehead atoms. The summed E-state index contributed by atoms with van der Waals surface area (Å²) in [7, 11) is 0. The second kappa shape index (κ2) is 13.2. The molecule has 0 saturated carbocycles. The molecule has 0 spiro atoms. The third-order valence-electron chi connectivity index (χ3n) is 1.38. The van der Waals surface area contributed by atoms with Crippen LogP contribution >= 0.6 is 0 Å². The van der Waals surface area contributed by atoms with Gasteiger partial charge < -0.3 is 10.1 Å². The normalized spacial score (nSPS) is 8.67. The number of Topliss-reactive ketones (excluding diaryl/α,β-unsaturated/α-hetero) is 1. The highest BCUT2D eigenvalue weighted by Gasteiger charge is 1.91. The number of hydrogen-bond acceptors (Lipinski definition) is 2. The minimum Gasteiger partial charge on any atom is -0.317 e. The molecule has 0 heterocycles. The summed E-state index contributed by atoms with van der Waals surface area (Å²) < 4.78 is 0. The van der Waals surface area contributed by atoms with Crippen LogP contribution in [0.15, 0.2) is 0 Å². The number of nitrogens with one attached hydrogen (secondary N) is 1. The quantitative estimate of drug-likeness (QED) is 0.625. The van der Waals surface area contributed by atoms with Crippen molar-refractivity contribution in [2.45, 2.75) is 47.0 Å². The summed E-state index contributed by atoms with van der Waals surface area (Å²) in [6, 6.07) is 0. The minimum atomic E-state index is 0.302. The Bertz CT molecular complexity index is 91.8. The average Bonchev–Trinajstić information content (AvgIpc) is 2.07. The second-order valence-corrected chi connectivity index (χ2v) is 2.51. The van der Waals surface area contributed by atoms with Crippen molar-refractivity contribution < 1.29 is 4.79 Å². The van der Waals surface area contributed by atoms with E-state index >= 15 is 0 Å². The third kappa shape index (κ3) is 16.3. The van der Waals surface area contributed by atoms with Gasteiger partial charge >= 0.3 is 0 Å². The van der Waals surface area contributed by atoms with Gasteiger partial charge in [0.25, 0.3) is 0 Å². The lowest BCUT2D eigenvalue weighted by Crippen LogP contribution is -2.13. The molecular formula is C10H23NO. The van der Waals surface area contributed by atoms with Crippen LogP contribution in [0, 0.1) is 0 Å². The van der Waals surface area contributed by atoms with Crippen molar-refractivity contribution in [1.29, 1.82) is 0 Å². The zero-order valence-corrected chi connectivity index (χ0v) is 8.94. The first-order chi connectivity index (χ1) is 5.77. The topological polar surface area (TPSA) is 29.1 Å². The summed E-state index contributed by atoms with van der Waals surface area (Å²) in [5.74, 6) is 0.302. The molecule has 1 N–H and O–H groups in total. The predicted octanol–water partition coefficient (Wildman–Crippen LogP) is 2.38. The molecular weight excluding hydrogens is 150 g/mol. The van der Waals surface area contributed by atoms with Crippen LogP contribution in [0.3, 0.4) is 0 Å². The number of ketones is 1. The van der Waals surface area contributed by atoms with Gasteiger partial charge in [0.05, 0.1) is 0 Å². The Morgan fingerprint density at radius 1 is 1.25 bits per heavy atom. The molecule has 0 aliphatic rings. The van der Waals surface area contributed by atoms with E-state index < -0.39 is 0 Å². The number of rotatable bonds is 6. The van der Waals surface area contributed by atoms with E-state index in [4.69, 9.17) is 0 Å². The molecule has 0 amide bonds. The summed E-state index contributed by atoms with van der Waals surface area (Å²) in [5.41, 5.74) is 0. The Hall–Kier alpha value is -0.370. The van der Waals surface area contributed by atoms with E-state index in [0.29, 0.717) is 5.78 Å². The molecule has 2 nitrogen and oxygen atoms in total. The number of carbonyl (C=O) groups excluding carboxylic acids is 1. The maximum atomic E-state index is 10.5. The Morgan fingerprint density at radius 2 is 1.83 bits per heavy atom. The first-order valence-corrected chi connectivity index (χ1v) is 4.97. The van der Waals surface area contributed by atoms with E-state index in [1.165, 1.54) is 0 Å². The lowest BCUT2D eigenvalue weighted by molar-refractivity contribution is -0.117. The van der Waals surface area contributed by atoms with Crippen LogP contribution in [0.4, 0.5) is 0 Å². The Balaban J connectivity index is 0. The summed E-state index contributed by atoms with van der Waals surface area (Å²) in [6.07, 6.45) is 2.89. The number of unbranched alkanes of at least 4 members (excludes halogenated alkanes) is 1. The molecule has 74 valence electrons. The molecule has 0 aromatic heterocycles. The first kappa shape index (κ1) is 14.2. The molecule has 0 fully saturated rings. The van der Waals surface area contributed by atoms with E-state index in [0.717, 1.165) is 32.4 Å². The van der Waals surface area contributed by atoms with Gasteiger partial charge in [-0.05, 0) is 32.9 Å². The summed E-state index contributed by atoms with van der Waals surface area (Å²) in [4.78, 5) is 10.5. The van der Waals surface area contributed by atoms with Gasteiger partial charge in [0, 0.05) is 6.42 Å². The fourth-order valence-corrected chi connectivity index (χ4v) is 0.801. The van der Waals surface area contributed by atoms with Crippen molar-refractivity contribution in [1.82, 2.24) is 5.32 Å². The Morgan fingerprint density at radius 3 is 2.25 bits per heavy atom. The van der Waals surface area contributed by atoms with Crippen molar-refractivity contribution in [3.63, 3.8) is 0 Å². The van der Waals surface area contributed by atoms with Crippen LogP contribution in [0.25, 0.3) is 0 Å². The Labute approximate surface area is 76.7 Å². The van der Waals surface area contributed by atoms with Gasteiger partial charge in [-0.1, -0.05) is 20.8 Å². The van der Waals surface area contributed by atoms with Crippen LogP contribution in [-0.2, 0) is 4.79 Å². The van der Waals surface area contributed by atoms with Crippen LogP contribution in [0.1, 0.15) is 47.0 Å². The maximum absolute atomic E-state index is 10.5. The Kier molecular flexibility index (Phi) is 15.6. The number of hydrogen-bond donors (Lipinski definition) is 1. The van der Waals surface area contributed by atoms with Crippen LogP contribution in [-0.4, -0.2) is 18.9 Å². The predicted molar refractivity (Wildman–Crippen MR) is 54.4 cm³/mol. The lowest BCUT2D eigenvalue weighted by Gasteiger charge is -1.98. The molecule has 0 unspecified atom stereocenters. The zero-order valence-electron chi connectivity index (χ0n) is 8.94. The summed E-state index contributed by atoms with van der Waals surface area (Å²) in [5, 5.41) is 3.21. The van der Waals surface area contributed by atoms with E-state index in [1.807, 2.05) is 13.8 Å². The molecule has 0 atom stereocenters. The van der Waals surface area contributed by atoms with Gasteiger partial charge in [-0.2, -0.15) is 0 Å². The van der Waals surface area contributed by atoms with Crippen molar-refractivity contribution in [3.05, 3.63) is 0 Å². The van der Waals surface area contributed by atoms with E-state index in [-0.39, 0.29) is 0 Å². The monoisotopic (exact) mass is 173 g/mol. The smallest absolute Gasteiger partial charge is 0.129 e. The van der Waals surface area contributed by atoms with Crippen molar-refractivity contribution in [3.8, 4) is 0 Å². The number of carbonyl (C=O) groups is 1. The van der Waals surface area contributed by atoms with Gasteiger partial charge in [0.2, 0.25) is 0 Å². The standard InChI is InChI=1S/C8H17NO.C2H6/c1-3-9-7-5-4-6-8(2)10;1-2/h9H,3-7H2,1-2H3;1-2H3. The van der Waals surface area contributed by atoms with Crippen molar-refractivity contribution in [2.75, 3.05) is 13.1 Å². The van der Waals surface area contributed by atoms with Crippen LogP contribution in [0.2, 0.25) is 0 Å². The van der Waals surface area contributed by atoms with Gasteiger partial charge in [-0.3, -0.25) is 0 Å². The van der Waals surface area contributed by atoms with Gasteiger partial charge in [-0.15, -0.1) is 0 Å². The summed E-state index contributed by atoms with van der Waals surface area (Å²) in [6.45, 7) is 9.81. The fraction of sp³-hybridized carbons (Fsp3) is 0.900. The lowest BCUT2D eigenvalue weighted by atomic mass is 10.2. The molecule has 0 aliphatic heterocycles. The molecule has 0 radical (unpaired) electrons. The second-order valence-electron chi connectivity index (χ2n) is 2.51.